The Bertz CT molecular complexity index is 2540. The van der Waals surface area contributed by atoms with Crippen molar-refractivity contribution >= 4 is 0 Å². The first-order valence-electron chi connectivity index (χ1n) is 17.7. The third-order valence-electron chi connectivity index (χ3n) is 9.37. The van der Waals surface area contributed by atoms with Crippen LogP contribution in [0.15, 0.2) is 195 Å². The lowest BCUT2D eigenvalue weighted by Gasteiger charge is -2.10. The number of pyridine rings is 4. The van der Waals surface area contributed by atoms with Gasteiger partial charge in [-0.15, -0.1) is 0 Å². The van der Waals surface area contributed by atoms with E-state index in [1.165, 1.54) is 0 Å². The van der Waals surface area contributed by atoms with Crippen LogP contribution in [0.1, 0.15) is 0 Å². The highest BCUT2D eigenvalue weighted by Gasteiger charge is 2.11. The minimum atomic E-state index is 0.792. The Morgan fingerprint density at radius 2 is 0.648 bits per heavy atom. The summed E-state index contributed by atoms with van der Waals surface area (Å²) in [5.41, 5.74) is 15.6. The Morgan fingerprint density at radius 3 is 1.26 bits per heavy atom. The molecule has 0 saturated carbocycles. The first-order chi connectivity index (χ1) is 26.7. The summed E-state index contributed by atoms with van der Waals surface area (Å²) < 4.78 is 0. The summed E-state index contributed by atoms with van der Waals surface area (Å²) >= 11 is 0. The zero-order chi connectivity index (χ0) is 36.1. The molecule has 0 aliphatic carbocycles. The summed E-state index contributed by atoms with van der Waals surface area (Å²) in [6.45, 7) is 0. The molecule has 0 saturated heterocycles. The Hall–Kier alpha value is -7.44. The average Bonchev–Trinajstić information content (AvgIpc) is 3.27. The number of aromatic nitrogens is 6. The molecule has 0 aliphatic rings. The molecular weight excluding hydrogens is 661 g/mol. The van der Waals surface area contributed by atoms with Gasteiger partial charge in [-0.05, 0) is 106 Å². The van der Waals surface area contributed by atoms with Crippen molar-refractivity contribution in [2.45, 2.75) is 0 Å². The fourth-order valence-corrected chi connectivity index (χ4v) is 6.63. The lowest BCUT2D eigenvalue weighted by molar-refractivity contribution is 1.18. The molecule has 0 aliphatic heterocycles. The second-order valence-electron chi connectivity index (χ2n) is 12.9. The zero-order valence-corrected chi connectivity index (χ0v) is 29.2. The molecule has 6 nitrogen and oxygen atoms in total. The van der Waals surface area contributed by atoms with Crippen LogP contribution in [-0.4, -0.2) is 29.9 Å². The largest absolute Gasteiger partial charge is 0.256 e. The number of benzene rings is 4. The van der Waals surface area contributed by atoms with Crippen molar-refractivity contribution in [2.24, 2.45) is 0 Å². The van der Waals surface area contributed by atoms with Gasteiger partial charge in [-0.25, -0.2) is 15.0 Å². The molecule has 5 heterocycles. The monoisotopic (exact) mass is 692 g/mol. The van der Waals surface area contributed by atoms with E-state index in [9.17, 15) is 0 Å². The zero-order valence-electron chi connectivity index (χ0n) is 29.2. The predicted octanol–water partition coefficient (Wildman–Crippen LogP) is 11.4. The van der Waals surface area contributed by atoms with Gasteiger partial charge in [0, 0.05) is 35.3 Å². The third-order valence-corrected chi connectivity index (χ3v) is 9.37. The van der Waals surface area contributed by atoms with Crippen molar-refractivity contribution in [2.75, 3.05) is 0 Å². The van der Waals surface area contributed by atoms with E-state index in [1.54, 1.807) is 12.5 Å². The van der Waals surface area contributed by atoms with Gasteiger partial charge in [-0.1, -0.05) is 97.1 Å². The topological polar surface area (TPSA) is 77.3 Å². The third kappa shape index (κ3) is 6.92. The van der Waals surface area contributed by atoms with Crippen molar-refractivity contribution in [3.8, 4) is 89.9 Å². The Kier molecular flexibility index (Phi) is 8.81. The van der Waals surface area contributed by atoms with Gasteiger partial charge < -0.3 is 0 Å². The van der Waals surface area contributed by atoms with E-state index in [2.05, 4.69) is 129 Å². The molecule has 5 aromatic heterocycles. The quantitative estimate of drug-likeness (QED) is 0.158. The fraction of sp³-hybridized carbons (Fsp3) is 0. The van der Waals surface area contributed by atoms with Gasteiger partial charge in [0.2, 0.25) is 0 Å². The molecule has 4 aromatic carbocycles. The van der Waals surface area contributed by atoms with E-state index in [-0.39, 0.29) is 0 Å². The molecule has 0 fully saturated rings. The summed E-state index contributed by atoms with van der Waals surface area (Å²) in [7, 11) is 0. The molecule has 9 rings (SSSR count). The van der Waals surface area contributed by atoms with Crippen molar-refractivity contribution in [1.29, 1.82) is 0 Å². The first-order valence-corrected chi connectivity index (χ1v) is 17.7. The van der Waals surface area contributed by atoms with Crippen LogP contribution in [-0.2, 0) is 0 Å². The summed E-state index contributed by atoms with van der Waals surface area (Å²) in [6, 6.07) is 58.0. The molecule has 0 bridgehead atoms. The van der Waals surface area contributed by atoms with Crippen molar-refractivity contribution in [3.05, 3.63) is 195 Å². The molecule has 54 heavy (non-hydrogen) atoms. The van der Waals surface area contributed by atoms with Crippen molar-refractivity contribution in [1.82, 2.24) is 29.9 Å². The molecule has 0 radical (unpaired) electrons. The maximum atomic E-state index is 4.86. The SMILES string of the molecule is c1ccc(-c2cc(-c3cccc(-c4cccc(-c5cc(-c6cccc(-c7ccnc(-c8cccc(-c9ccccn9)n8)c7)c6)ncn5)c4)c3)ccn2)cc1. The van der Waals surface area contributed by atoms with Gasteiger partial charge in [0.25, 0.3) is 0 Å². The molecule has 0 N–H and O–H groups in total. The van der Waals surface area contributed by atoms with Gasteiger partial charge >= 0.3 is 0 Å². The minimum absolute atomic E-state index is 0.792. The van der Waals surface area contributed by atoms with Gasteiger partial charge in [0.15, 0.2) is 0 Å². The van der Waals surface area contributed by atoms with Crippen LogP contribution >= 0.6 is 0 Å². The maximum Gasteiger partial charge on any atom is 0.116 e. The van der Waals surface area contributed by atoms with Crippen LogP contribution in [0.3, 0.4) is 0 Å². The summed E-state index contributed by atoms with van der Waals surface area (Å²) in [5, 5.41) is 0. The Balaban J connectivity index is 0.983. The highest BCUT2D eigenvalue weighted by molar-refractivity contribution is 5.79. The molecule has 9 aromatic rings. The van der Waals surface area contributed by atoms with E-state index < -0.39 is 0 Å². The first kappa shape index (κ1) is 32.5. The Morgan fingerprint density at radius 1 is 0.222 bits per heavy atom. The second kappa shape index (κ2) is 14.7. The van der Waals surface area contributed by atoms with Crippen molar-refractivity contribution in [3.63, 3.8) is 0 Å². The van der Waals surface area contributed by atoms with E-state index in [1.807, 2.05) is 73.1 Å². The number of hydrogen-bond acceptors (Lipinski definition) is 6. The Labute approximate surface area is 313 Å². The van der Waals surface area contributed by atoms with Crippen LogP contribution in [0.2, 0.25) is 0 Å². The lowest BCUT2D eigenvalue weighted by Crippen LogP contribution is -1.92. The van der Waals surface area contributed by atoms with Crippen molar-refractivity contribution < 1.29 is 0 Å². The maximum absolute atomic E-state index is 4.86. The summed E-state index contributed by atoms with van der Waals surface area (Å²) in [4.78, 5) is 28.0. The van der Waals surface area contributed by atoms with E-state index in [0.29, 0.717) is 0 Å². The molecular formula is C48H32N6. The number of hydrogen-bond donors (Lipinski definition) is 0. The van der Waals surface area contributed by atoms with Crippen LogP contribution < -0.4 is 0 Å². The minimum Gasteiger partial charge on any atom is -0.256 e. The highest BCUT2D eigenvalue weighted by Crippen LogP contribution is 2.33. The van der Waals surface area contributed by atoms with Gasteiger partial charge in [0.1, 0.15) is 6.33 Å². The molecule has 0 spiro atoms. The van der Waals surface area contributed by atoms with E-state index in [4.69, 9.17) is 9.97 Å². The number of rotatable bonds is 8. The normalized spacial score (nSPS) is 11.0. The second-order valence-corrected chi connectivity index (χ2v) is 12.9. The smallest absolute Gasteiger partial charge is 0.116 e. The van der Waals surface area contributed by atoms with Gasteiger partial charge in [-0.2, -0.15) is 0 Å². The van der Waals surface area contributed by atoms with Crippen LogP contribution in [0, 0.1) is 0 Å². The van der Waals surface area contributed by atoms with Crippen LogP contribution in [0.4, 0.5) is 0 Å². The van der Waals surface area contributed by atoms with Gasteiger partial charge in [0.05, 0.1) is 39.9 Å². The number of nitrogens with zero attached hydrogens (tertiary/aromatic N) is 6. The molecule has 254 valence electrons. The van der Waals surface area contributed by atoms with E-state index >= 15 is 0 Å². The average molecular weight is 693 g/mol. The van der Waals surface area contributed by atoms with Crippen LogP contribution in [0.5, 0.6) is 0 Å². The molecule has 0 unspecified atom stereocenters. The molecule has 0 atom stereocenters. The summed E-state index contributed by atoms with van der Waals surface area (Å²) in [6.07, 6.45) is 7.13. The van der Waals surface area contributed by atoms with Gasteiger partial charge in [-0.3, -0.25) is 15.0 Å². The summed E-state index contributed by atoms with van der Waals surface area (Å²) in [5.74, 6) is 0. The van der Waals surface area contributed by atoms with E-state index in [0.717, 1.165) is 89.9 Å². The standard InChI is InChI=1S/C48H32N6/c1-2-10-33(11-3-1)45-29-38(21-24-50-45)35-13-6-12-34(26-35)36-14-7-16-40(27-36)46-31-47(53-32-52-46)41-17-8-15-37(28-41)39-22-25-51-48(30-39)44-20-9-19-43(54-44)42-18-4-5-23-49-42/h1-32H. The fourth-order valence-electron chi connectivity index (χ4n) is 6.63. The molecule has 0 amide bonds. The predicted molar refractivity (Wildman–Crippen MR) is 217 cm³/mol. The highest BCUT2D eigenvalue weighted by atomic mass is 14.8. The molecule has 6 heteroatoms. The van der Waals surface area contributed by atoms with Crippen LogP contribution in [0.25, 0.3) is 89.9 Å². The lowest BCUT2D eigenvalue weighted by atomic mass is 9.96.